The smallest absolute Gasteiger partial charge is 0.0971 e. The number of H-pyrrole nitrogens is 1. The van der Waals surface area contributed by atoms with Crippen molar-refractivity contribution in [1.29, 1.82) is 0 Å². The van der Waals surface area contributed by atoms with Crippen LogP contribution >= 0.6 is 15.9 Å². The van der Waals surface area contributed by atoms with Gasteiger partial charge in [-0.25, -0.2) is 4.98 Å². The fourth-order valence-electron chi connectivity index (χ4n) is 3.39. The minimum atomic E-state index is 1.02. The molecule has 0 amide bonds. The van der Waals surface area contributed by atoms with E-state index in [-0.39, 0.29) is 0 Å². The Balaban J connectivity index is 2.04. The number of hydrogen-bond donors (Lipinski definition) is 1. The van der Waals surface area contributed by atoms with Crippen LogP contribution in [-0.4, -0.2) is 9.97 Å². The lowest BCUT2D eigenvalue weighted by Gasteiger charge is -2.08. The standard InChI is InChI=1S/C21H13BrN2/c22-14-10-11-16-18(12-14)24-21-19(13-6-2-1-3-7-13)15-8-4-5-9-17(15)23-20(16)21/h1-12,24H. The quantitative estimate of drug-likeness (QED) is 0.367. The third kappa shape index (κ3) is 1.98. The van der Waals surface area contributed by atoms with Gasteiger partial charge >= 0.3 is 0 Å². The van der Waals surface area contributed by atoms with E-state index < -0.39 is 0 Å². The van der Waals surface area contributed by atoms with Crippen molar-refractivity contribution in [3.8, 4) is 11.1 Å². The van der Waals surface area contributed by atoms with Crippen molar-refractivity contribution >= 4 is 48.8 Å². The van der Waals surface area contributed by atoms with E-state index in [9.17, 15) is 0 Å². The number of para-hydroxylation sites is 1. The van der Waals surface area contributed by atoms with E-state index in [4.69, 9.17) is 4.98 Å². The molecule has 114 valence electrons. The van der Waals surface area contributed by atoms with Crippen molar-refractivity contribution in [2.24, 2.45) is 0 Å². The maximum atomic E-state index is 4.94. The van der Waals surface area contributed by atoms with E-state index >= 15 is 0 Å². The lowest BCUT2D eigenvalue weighted by atomic mass is 9.99. The maximum Gasteiger partial charge on any atom is 0.0971 e. The van der Waals surface area contributed by atoms with Crippen LogP contribution in [0.3, 0.4) is 0 Å². The minimum absolute atomic E-state index is 1.02. The van der Waals surface area contributed by atoms with Gasteiger partial charge in [0.1, 0.15) is 0 Å². The first-order valence-corrected chi connectivity index (χ1v) is 8.66. The van der Waals surface area contributed by atoms with Gasteiger partial charge in [-0.1, -0.05) is 64.5 Å². The topological polar surface area (TPSA) is 28.7 Å². The zero-order valence-electron chi connectivity index (χ0n) is 12.8. The summed E-state index contributed by atoms with van der Waals surface area (Å²) in [6.07, 6.45) is 0. The Morgan fingerprint density at radius 3 is 2.46 bits per heavy atom. The zero-order valence-corrected chi connectivity index (χ0v) is 14.3. The predicted octanol–water partition coefficient (Wildman–Crippen LogP) is 6.30. The minimum Gasteiger partial charge on any atom is -0.353 e. The van der Waals surface area contributed by atoms with Crippen molar-refractivity contribution < 1.29 is 0 Å². The zero-order chi connectivity index (χ0) is 16.1. The number of pyridine rings is 1. The number of hydrogen-bond acceptors (Lipinski definition) is 1. The molecule has 0 aliphatic carbocycles. The number of aromatic amines is 1. The van der Waals surface area contributed by atoms with E-state index in [0.29, 0.717) is 0 Å². The first-order chi connectivity index (χ1) is 11.8. The highest BCUT2D eigenvalue weighted by molar-refractivity contribution is 9.10. The van der Waals surface area contributed by atoms with Gasteiger partial charge < -0.3 is 4.98 Å². The van der Waals surface area contributed by atoms with Crippen LogP contribution in [0.1, 0.15) is 0 Å². The third-order valence-corrected chi connectivity index (χ3v) is 4.94. The molecule has 0 atom stereocenters. The number of fused-ring (bicyclic) bond motifs is 4. The van der Waals surface area contributed by atoms with Gasteiger partial charge in [0, 0.05) is 26.3 Å². The lowest BCUT2D eigenvalue weighted by molar-refractivity contribution is 1.48. The average Bonchev–Trinajstić information content (AvgIpc) is 2.97. The molecule has 0 saturated carbocycles. The number of nitrogens with one attached hydrogen (secondary N) is 1. The Hall–Kier alpha value is -2.65. The predicted molar refractivity (Wildman–Crippen MR) is 104 cm³/mol. The van der Waals surface area contributed by atoms with E-state index in [1.165, 1.54) is 16.5 Å². The molecule has 5 aromatic rings. The van der Waals surface area contributed by atoms with Gasteiger partial charge in [-0.3, -0.25) is 0 Å². The van der Waals surface area contributed by atoms with Crippen molar-refractivity contribution in [3.63, 3.8) is 0 Å². The van der Waals surface area contributed by atoms with Gasteiger partial charge in [0.25, 0.3) is 0 Å². The number of aromatic nitrogens is 2. The third-order valence-electron chi connectivity index (χ3n) is 4.45. The van der Waals surface area contributed by atoms with E-state index in [1.54, 1.807) is 0 Å². The molecule has 0 unspecified atom stereocenters. The number of benzene rings is 3. The second-order valence-electron chi connectivity index (χ2n) is 5.91. The van der Waals surface area contributed by atoms with Gasteiger partial charge in [-0.15, -0.1) is 0 Å². The van der Waals surface area contributed by atoms with E-state index in [1.807, 2.05) is 12.1 Å². The molecule has 0 fully saturated rings. The molecule has 0 spiro atoms. The van der Waals surface area contributed by atoms with Crippen LogP contribution in [0.4, 0.5) is 0 Å². The van der Waals surface area contributed by atoms with Crippen LogP contribution < -0.4 is 0 Å². The molecule has 3 heteroatoms. The van der Waals surface area contributed by atoms with Gasteiger partial charge in [-0.05, 0) is 29.8 Å². The lowest BCUT2D eigenvalue weighted by Crippen LogP contribution is -1.87. The summed E-state index contributed by atoms with van der Waals surface area (Å²) >= 11 is 3.56. The summed E-state index contributed by atoms with van der Waals surface area (Å²) in [7, 11) is 0. The summed E-state index contributed by atoms with van der Waals surface area (Å²) in [5, 5.41) is 2.32. The SMILES string of the molecule is Brc1ccc2c(c1)[nH]c1c(-c3ccccc3)c3ccccc3nc12. The molecule has 2 nitrogen and oxygen atoms in total. The molecule has 0 bridgehead atoms. The summed E-state index contributed by atoms with van der Waals surface area (Å²) in [6.45, 7) is 0. The molecular formula is C21H13BrN2. The average molecular weight is 373 g/mol. The highest BCUT2D eigenvalue weighted by Gasteiger charge is 2.15. The fraction of sp³-hybridized carbons (Fsp3) is 0. The second-order valence-corrected chi connectivity index (χ2v) is 6.82. The molecule has 2 heterocycles. The van der Waals surface area contributed by atoms with Crippen LogP contribution in [0, 0.1) is 0 Å². The molecule has 0 radical (unpaired) electrons. The van der Waals surface area contributed by atoms with Gasteiger partial charge in [0.2, 0.25) is 0 Å². The number of nitrogens with zero attached hydrogens (tertiary/aromatic N) is 1. The second kappa shape index (κ2) is 5.18. The van der Waals surface area contributed by atoms with Crippen molar-refractivity contribution in [1.82, 2.24) is 9.97 Å². The highest BCUT2D eigenvalue weighted by atomic mass is 79.9. The normalized spacial score (nSPS) is 11.5. The molecule has 0 saturated heterocycles. The Bertz CT molecular complexity index is 1210. The van der Waals surface area contributed by atoms with Gasteiger partial charge in [-0.2, -0.15) is 0 Å². The number of halogens is 1. The summed E-state index contributed by atoms with van der Waals surface area (Å²) in [4.78, 5) is 8.52. The molecule has 1 N–H and O–H groups in total. The van der Waals surface area contributed by atoms with Crippen LogP contribution in [-0.2, 0) is 0 Å². The molecule has 0 aliphatic rings. The van der Waals surface area contributed by atoms with Crippen molar-refractivity contribution in [2.45, 2.75) is 0 Å². The number of rotatable bonds is 1. The largest absolute Gasteiger partial charge is 0.353 e. The molecule has 0 aliphatic heterocycles. The van der Waals surface area contributed by atoms with Crippen LogP contribution in [0.5, 0.6) is 0 Å². The molecular weight excluding hydrogens is 360 g/mol. The maximum absolute atomic E-state index is 4.94. The van der Waals surface area contributed by atoms with Crippen molar-refractivity contribution in [2.75, 3.05) is 0 Å². The molecule has 3 aromatic carbocycles. The van der Waals surface area contributed by atoms with Crippen LogP contribution in [0.15, 0.2) is 77.3 Å². The van der Waals surface area contributed by atoms with Crippen LogP contribution in [0.25, 0.3) is 44.0 Å². The Morgan fingerprint density at radius 2 is 1.58 bits per heavy atom. The first-order valence-electron chi connectivity index (χ1n) is 7.86. The molecule has 24 heavy (non-hydrogen) atoms. The summed E-state index contributed by atoms with van der Waals surface area (Å²) < 4.78 is 1.06. The first kappa shape index (κ1) is 13.8. The Labute approximate surface area is 147 Å². The van der Waals surface area contributed by atoms with E-state index in [0.717, 1.165) is 31.9 Å². The molecule has 5 rings (SSSR count). The molecule has 2 aromatic heterocycles. The Morgan fingerprint density at radius 1 is 0.792 bits per heavy atom. The Kier molecular flexibility index (Phi) is 2.97. The monoisotopic (exact) mass is 372 g/mol. The van der Waals surface area contributed by atoms with Gasteiger partial charge in [0.05, 0.1) is 16.6 Å². The van der Waals surface area contributed by atoms with Crippen LogP contribution in [0.2, 0.25) is 0 Å². The van der Waals surface area contributed by atoms with E-state index in [2.05, 4.69) is 81.6 Å². The van der Waals surface area contributed by atoms with Gasteiger partial charge in [0.15, 0.2) is 0 Å². The summed E-state index contributed by atoms with van der Waals surface area (Å²) in [5.41, 5.74) is 6.64. The highest BCUT2D eigenvalue weighted by Crippen LogP contribution is 2.37. The van der Waals surface area contributed by atoms with Crippen molar-refractivity contribution in [3.05, 3.63) is 77.3 Å². The summed E-state index contributed by atoms with van der Waals surface area (Å²) in [5.74, 6) is 0. The summed E-state index contributed by atoms with van der Waals surface area (Å²) in [6, 6.07) is 25.1. The fourth-order valence-corrected chi connectivity index (χ4v) is 3.76.